The third-order valence-corrected chi connectivity index (χ3v) is 6.55. The Morgan fingerprint density at radius 1 is 1.09 bits per heavy atom. The van der Waals surface area contributed by atoms with Gasteiger partial charge in [0, 0.05) is 67.9 Å². The molecule has 2 amide bonds. The molecule has 2 heterocycles. The van der Waals surface area contributed by atoms with Crippen LogP contribution in [0.4, 0.5) is 15.6 Å². The van der Waals surface area contributed by atoms with E-state index in [0.717, 1.165) is 65.5 Å². The molecule has 1 aromatic heterocycles. The molecule has 2 N–H and O–H groups in total. The van der Waals surface area contributed by atoms with Crippen LogP contribution in [0.3, 0.4) is 0 Å². The summed E-state index contributed by atoms with van der Waals surface area (Å²) in [5.74, 6) is 0.846. The molecule has 2 aromatic carbocycles. The second-order valence-corrected chi connectivity index (χ2v) is 8.99. The van der Waals surface area contributed by atoms with Crippen molar-refractivity contribution in [2.24, 2.45) is 0 Å². The van der Waals surface area contributed by atoms with Gasteiger partial charge in [-0.05, 0) is 36.2 Å². The van der Waals surface area contributed by atoms with Crippen LogP contribution in [0.1, 0.15) is 17.0 Å². The summed E-state index contributed by atoms with van der Waals surface area (Å²) in [5, 5.41) is 7.56. The highest BCUT2D eigenvalue weighted by Gasteiger charge is 2.20. The number of urea groups is 1. The summed E-state index contributed by atoms with van der Waals surface area (Å²) >= 11 is 7.41. The zero-order valence-electron chi connectivity index (χ0n) is 18.1. The van der Waals surface area contributed by atoms with Gasteiger partial charge < -0.3 is 15.5 Å². The highest BCUT2D eigenvalue weighted by Crippen LogP contribution is 2.21. The molecule has 9 heteroatoms. The van der Waals surface area contributed by atoms with E-state index in [9.17, 15) is 4.79 Å². The number of aryl methyl sites for hydroxylation is 1. The van der Waals surface area contributed by atoms with Crippen molar-refractivity contribution in [3.8, 4) is 0 Å². The van der Waals surface area contributed by atoms with Gasteiger partial charge in [-0.1, -0.05) is 41.9 Å². The van der Waals surface area contributed by atoms with Gasteiger partial charge in [0.2, 0.25) is 5.13 Å². The Balaban J connectivity index is 1.18. The van der Waals surface area contributed by atoms with Gasteiger partial charge in [-0.3, -0.25) is 4.90 Å². The SMILES string of the molecule is Cc1ccccc1NC(=O)NCCN1CCN(c2nc(Cc3ccc(Cl)cc3)ns2)CC1. The normalized spacial score (nSPS) is 14.4. The number of nitrogens with zero attached hydrogens (tertiary/aromatic N) is 4. The fourth-order valence-electron chi connectivity index (χ4n) is 3.60. The van der Waals surface area contributed by atoms with Gasteiger partial charge in [-0.2, -0.15) is 4.37 Å². The number of para-hydroxylation sites is 1. The highest BCUT2D eigenvalue weighted by molar-refractivity contribution is 7.09. The van der Waals surface area contributed by atoms with E-state index in [1.165, 1.54) is 11.5 Å². The number of hydrogen-bond donors (Lipinski definition) is 2. The second kappa shape index (κ2) is 10.8. The molecule has 1 aliphatic rings. The first-order chi connectivity index (χ1) is 15.6. The zero-order valence-corrected chi connectivity index (χ0v) is 19.6. The Kier molecular flexibility index (Phi) is 7.57. The quantitative estimate of drug-likeness (QED) is 0.545. The van der Waals surface area contributed by atoms with Crippen LogP contribution in [-0.4, -0.2) is 59.6 Å². The molecule has 1 fully saturated rings. The molecular weight excluding hydrogens is 444 g/mol. The van der Waals surface area contributed by atoms with E-state index >= 15 is 0 Å². The summed E-state index contributed by atoms with van der Waals surface area (Å²) in [6, 6.07) is 15.4. The van der Waals surface area contributed by atoms with Gasteiger partial charge in [0.05, 0.1) is 0 Å². The second-order valence-electron chi connectivity index (χ2n) is 7.82. The predicted octanol–water partition coefficient (Wildman–Crippen LogP) is 4.03. The molecular formula is C23H27ClN6OS. The fourth-order valence-corrected chi connectivity index (χ4v) is 4.46. The third kappa shape index (κ3) is 6.18. The van der Waals surface area contributed by atoms with E-state index < -0.39 is 0 Å². The molecule has 0 radical (unpaired) electrons. The van der Waals surface area contributed by atoms with Gasteiger partial charge in [0.15, 0.2) is 0 Å². The maximum atomic E-state index is 12.1. The molecule has 0 aliphatic carbocycles. The first-order valence-electron chi connectivity index (χ1n) is 10.7. The topological polar surface area (TPSA) is 73.4 Å². The van der Waals surface area contributed by atoms with E-state index in [0.29, 0.717) is 13.0 Å². The summed E-state index contributed by atoms with van der Waals surface area (Å²) in [5.41, 5.74) is 3.04. The Labute approximate surface area is 197 Å². The minimum Gasteiger partial charge on any atom is -0.344 e. The largest absolute Gasteiger partial charge is 0.344 e. The van der Waals surface area contributed by atoms with Gasteiger partial charge in [0.25, 0.3) is 0 Å². The van der Waals surface area contributed by atoms with E-state index in [-0.39, 0.29) is 6.03 Å². The minimum absolute atomic E-state index is 0.167. The van der Waals surface area contributed by atoms with Crippen LogP contribution in [-0.2, 0) is 6.42 Å². The highest BCUT2D eigenvalue weighted by atomic mass is 35.5. The number of nitrogens with one attached hydrogen (secondary N) is 2. The average Bonchev–Trinajstić information content (AvgIpc) is 3.26. The Bertz CT molecular complexity index is 1030. The van der Waals surface area contributed by atoms with Crippen LogP contribution in [0.15, 0.2) is 48.5 Å². The monoisotopic (exact) mass is 470 g/mol. The van der Waals surface area contributed by atoms with Crippen LogP contribution < -0.4 is 15.5 Å². The molecule has 3 aromatic rings. The molecule has 168 valence electrons. The van der Waals surface area contributed by atoms with Crippen molar-refractivity contribution in [3.63, 3.8) is 0 Å². The molecule has 0 spiro atoms. The Morgan fingerprint density at radius 3 is 2.59 bits per heavy atom. The predicted molar refractivity (Wildman–Crippen MR) is 131 cm³/mol. The smallest absolute Gasteiger partial charge is 0.319 e. The Morgan fingerprint density at radius 2 is 1.84 bits per heavy atom. The maximum absolute atomic E-state index is 12.1. The number of piperazine rings is 1. The molecule has 32 heavy (non-hydrogen) atoms. The first-order valence-corrected chi connectivity index (χ1v) is 11.9. The number of rotatable bonds is 7. The lowest BCUT2D eigenvalue weighted by Gasteiger charge is -2.34. The summed E-state index contributed by atoms with van der Waals surface area (Å²) in [6.45, 7) is 7.11. The molecule has 7 nitrogen and oxygen atoms in total. The number of amides is 2. The first kappa shape index (κ1) is 22.5. The van der Waals surface area contributed by atoms with Crippen LogP contribution in [0.2, 0.25) is 5.02 Å². The van der Waals surface area contributed by atoms with Crippen molar-refractivity contribution in [2.45, 2.75) is 13.3 Å². The van der Waals surface area contributed by atoms with Crippen molar-refractivity contribution in [1.82, 2.24) is 19.6 Å². The van der Waals surface area contributed by atoms with E-state index in [1.54, 1.807) is 0 Å². The van der Waals surface area contributed by atoms with Crippen LogP contribution in [0.25, 0.3) is 0 Å². The van der Waals surface area contributed by atoms with Gasteiger partial charge in [0.1, 0.15) is 5.82 Å². The van der Waals surface area contributed by atoms with Crippen LogP contribution >= 0.6 is 23.1 Å². The molecule has 0 saturated carbocycles. The third-order valence-electron chi connectivity index (χ3n) is 5.48. The summed E-state index contributed by atoms with van der Waals surface area (Å²) in [7, 11) is 0. The van der Waals surface area contributed by atoms with Crippen molar-refractivity contribution in [2.75, 3.05) is 49.5 Å². The van der Waals surface area contributed by atoms with E-state index in [2.05, 4.69) is 24.8 Å². The van der Waals surface area contributed by atoms with Crippen molar-refractivity contribution >= 4 is 40.0 Å². The van der Waals surface area contributed by atoms with Crippen molar-refractivity contribution in [1.29, 1.82) is 0 Å². The minimum atomic E-state index is -0.167. The fraction of sp³-hybridized carbons (Fsp3) is 0.348. The number of carbonyl (C=O) groups is 1. The van der Waals surface area contributed by atoms with Gasteiger partial charge in [-0.25, -0.2) is 9.78 Å². The van der Waals surface area contributed by atoms with Crippen LogP contribution in [0, 0.1) is 6.92 Å². The van der Waals surface area contributed by atoms with Crippen molar-refractivity contribution in [3.05, 3.63) is 70.5 Å². The molecule has 0 unspecified atom stereocenters. The number of benzene rings is 2. The number of aromatic nitrogens is 2. The number of anilines is 2. The number of halogens is 1. The summed E-state index contributed by atoms with van der Waals surface area (Å²) in [6.07, 6.45) is 0.712. The summed E-state index contributed by atoms with van der Waals surface area (Å²) < 4.78 is 4.53. The lowest BCUT2D eigenvalue weighted by atomic mass is 10.1. The molecule has 1 aliphatic heterocycles. The maximum Gasteiger partial charge on any atom is 0.319 e. The average molecular weight is 471 g/mol. The number of hydrogen-bond acceptors (Lipinski definition) is 6. The molecule has 4 rings (SSSR count). The number of carbonyl (C=O) groups excluding carboxylic acids is 1. The van der Waals surface area contributed by atoms with Gasteiger partial charge in [-0.15, -0.1) is 0 Å². The standard InChI is InChI=1S/C23H27ClN6OS/c1-17-4-2-3-5-20(17)26-22(31)25-10-11-29-12-14-30(15-13-29)23-27-21(28-32-23)16-18-6-8-19(24)9-7-18/h2-9H,10-16H2,1H3,(H2,25,26,31). The lowest BCUT2D eigenvalue weighted by molar-refractivity contribution is 0.240. The van der Waals surface area contributed by atoms with Crippen molar-refractivity contribution < 1.29 is 4.79 Å². The molecule has 0 bridgehead atoms. The van der Waals surface area contributed by atoms with Gasteiger partial charge >= 0.3 is 6.03 Å². The zero-order chi connectivity index (χ0) is 22.3. The lowest BCUT2D eigenvalue weighted by Crippen LogP contribution is -2.48. The van der Waals surface area contributed by atoms with E-state index in [4.69, 9.17) is 16.6 Å². The van der Waals surface area contributed by atoms with E-state index in [1.807, 2.05) is 55.5 Å². The Hall–Kier alpha value is -2.68. The van der Waals surface area contributed by atoms with Crippen LogP contribution in [0.5, 0.6) is 0 Å². The summed E-state index contributed by atoms with van der Waals surface area (Å²) in [4.78, 5) is 21.5. The molecule has 1 saturated heterocycles. The molecule has 0 atom stereocenters.